The third-order valence-corrected chi connectivity index (χ3v) is 2.16. The predicted molar refractivity (Wildman–Crippen MR) is 53.4 cm³/mol. The SMILES string of the molecule is C[N+](C)(C)COP(=O)(O)OCCCN. The van der Waals surface area contributed by atoms with Gasteiger partial charge in [0.25, 0.3) is 0 Å². The van der Waals surface area contributed by atoms with E-state index in [0.29, 0.717) is 17.4 Å². The lowest BCUT2D eigenvalue weighted by Crippen LogP contribution is -2.36. The zero-order chi connectivity index (χ0) is 11.2. The van der Waals surface area contributed by atoms with Crippen LogP contribution >= 0.6 is 7.82 Å². The highest BCUT2D eigenvalue weighted by Crippen LogP contribution is 2.43. The van der Waals surface area contributed by atoms with Crippen LogP contribution in [-0.2, 0) is 13.6 Å². The average molecular weight is 227 g/mol. The first-order valence-corrected chi connectivity index (χ1v) is 5.89. The fraction of sp³-hybridized carbons (Fsp3) is 1.00. The molecule has 14 heavy (non-hydrogen) atoms. The van der Waals surface area contributed by atoms with Crippen LogP contribution in [0.4, 0.5) is 0 Å². The maximum absolute atomic E-state index is 11.2. The van der Waals surface area contributed by atoms with Gasteiger partial charge in [0.05, 0.1) is 27.7 Å². The molecule has 0 bridgehead atoms. The van der Waals surface area contributed by atoms with Crippen LogP contribution in [-0.4, -0.2) is 50.4 Å². The normalized spacial score (nSPS) is 16.6. The van der Waals surface area contributed by atoms with Crippen molar-refractivity contribution in [2.75, 3.05) is 41.0 Å². The first-order valence-electron chi connectivity index (χ1n) is 4.39. The highest BCUT2D eigenvalue weighted by Gasteiger charge is 2.24. The van der Waals surface area contributed by atoms with E-state index in [1.807, 2.05) is 21.1 Å². The van der Waals surface area contributed by atoms with E-state index in [1.165, 1.54) is 0 Å². The van der Waals surface area contributed by atoms with E-state index in [1.54, 1.807) is 0 Å². The molecular formula is C7H20N2O4P+. The van der Waals surface area contributed by atoms with Gasteiger partial charge in [-0.25, -0.2) is 9.09 Å². The zero-order valence-electron chi connectivity index (χ0n) is 8.97. The van der Waals surface area contributed by atoms with Gasteiger partial charge in [-0.1, -0.05) is 0 Å². The van der Waals surface area contributed by atoms with Gasteiger partial charge >= 0.3 is 7.82 Å². The first kappa shape index (κ1) is 14.0. The molecule has 0 aliphatic heterocycles. The molecule has 3 N–H and O–H groups in total. The van der Waals surface area contributed by atoms with E-state index in [2.05, 4.69) is 4.52 Å². The van der Waals surface area contributed by atoms with E-state index in [4.69, 9.17) is 15.2 Å². The summed E-state index contributed by atoms with van der Waals surface area (Å²) < 4.78 is 21.1. The topological polar surface area (TPSA) is 81.8 Å². The number of hydrogen-bond donors (Lipinski definition) is 2. The first-order chi connectivity index (χ1) is 6.27. The molecule has 0 spiro atoms. The van der Waals surface area contributed by atoms with Crippen LogP contribution in [0.15, 0.2) is 0 Å². The van der Waals surface area contributed by atoms with Gasteiger partial charge in [-0.15, -0.1) is 0 Å². The Morgan fingerprint density at radius 1 is 1.36 bits per heavy atom. The van der Waals surface area contributed by atoms with E-state index in [9.17, 15) is 4.57 Å². The number of hydrogen-bond acceptors (Lipinski definition) is 4. The quantitative estimate of drug-likeness (QED) is 0.280. The highest BCUT2D eigenvalue weighted by molar-refractivity contribution is 7.47. The molecule has 0 aromatic rings. The summed E-state index contributed by atoms with van der Waals surface area (Å²) in [6.07, 6.45) is 0.540. The van der Waals surface area contributed by atoms with Crippen molar-refractivity contribution >= 4 is 7.82 Å². The molecule has 0 radical (unpaired) electrons. The van der Waals surface area contributed by atoms with Crippen molar-refractivity contribution in [1.29, 1.82) is 0 Å². The Morgan fingerprint density at radius 2 is 1.93 bits per heavy atom. The van der Waals surface area contributed by atoms with E-state index >= 15 is 0 Å². The fourth-order valence-electron chi connectivity index (χ4n) is 0.547. The molecule has 0 amide bonds. The zero-order valence-corrected chi connectivity index (χ0v) is 9.87. The molecule has 0 aliphatic carbocycles. The van der Waals surface area contributed by atoms with Gasteiger partial charge in [-0.3, -0.25) is 4.52 Å². The Hall–Kier alpha value is 0.0300. The summed E-state index contributed by atoms with van der Waals surface area (Å²) in [6.45, 7) is 0.688. The second-order valence-electron chi connectivity index (χ2n) is 3.99. The largest absolute Gasteiger partial charge is 0.476 e. The Balaban J connectivity index is 3.78. The molecule has 86 valence electrons. The third-order valence-electron chi connectivity index (χ3n) is 1.21. The minimum Gasteiger partial charge on any atom is -0.330 e. The van der Waals surface area contributed by atoms with Crippen LogP contribution in [0.5, 0.6) is 0 Å². The number of phosphoric ester groups is 1. The molecule has 6 nitrogen and oxygen atoms in total. The number of phosphoric acid groups is 1. The van der Waals surface area contributed by atoms with E-state index < -0.39 is 7.82 Å². The third kappa shape index (κ3) is 8.62. The standard InChI is InChI=1S/C7H19N2O4P/c1-9(2,3)7-13-14(10,11)12-6-4-5-8/h4-8H2,1-3H3/p+1. The molecule has 7 heteroatoms. The molecule has 0 fully saturated rings. The molecule has 0 aromatic heterocycles. The lowest BCUT2D eigenvalue weighted by atomic mass is 10.5. The molecule has 0 aromatic carbocycles. The number of nitrogens with two attached hydrogens (primary N) is 1. The number of rotatable bonds is 7. The molecule has 1 unspecified atom stereocenters. The van der Waals surface area contributed by atoms with Crippen molar-refractivity contribution in [3.8, 4) is 0 Å². The number of nitrogens with zero attached hydrogens (tertiary/aromatic N) is 1. The lowest BCUT2D eigenvalue weighted by Gasteiger charge is -2.24. The molecule has 1 atom stereocenters. The minimum atomic E-state index is -3.89. The summed E-state index contributed by atoms with van der Waals surface area (Å²) >= 11 is 0. The summed E-state index contributed by atoms with van der Waals surface area (Å²) in [7, 11) is 1.65. The summed E-state index contributed by atoms with van der Waals surface area (Å²) in [5, 5.41) is 0. The van der Waals surface area contributed by atoms with E-state index in [-0.39, 0.29) is 13.3 Å². The van der Waals surface area contributed by atoms with Gasteiger partial charge in [-0.2, -0.15) is 0 Å². The van der Waals surface area contributed by atoms with Crippen LogP contribution in [0.3, 0.4) is 0 Å². The summed E-state index contributed by atoms with van der Waals surface area (Å²) in [6, 6.07) is 0. The molecule has 0 aliphatic rings. The smallest absolute Gasteiger partial charge is 0.330 e. The van der Waals surface area contributed by atoms with Crippen LogP contribution < -0.4 is 5.73 Å². The van der Waals surface area contributed by atoms with Crippen molar-refractivity contribution < 1.29 is 23.0 Å². The van der Waals surface area contributed by atoms with Crippen molar-refractivity contribution in [2.24, 2.45) is 5.73 Å². The van der Waals surface area contributed by atoms with Crippen LogP contribution in [0.2, 0.25) is 0 Å². The fourth-order valence-corrected chi connectivity index (χ4v) is 1.47. The molecule has 0 heterocycles. The monoisotopic (exact) mass is 227 g/mol. The maximum Gasteiger partial charge on any atom is 0.476 e. The molecular weight excluding hydrogens is 207 g/mol. The van der Waals surface area contributed by atoms with Crippen molar-refractivity contribution in [1.82, 2.24) is 0 Å². The van der Waals surface area contributed by atoms with Gasteiger partial charge in [0, 0.05) is 0 Å². The minimum absolute atomic E-state index is 0.121. The van der Waals surface area contributed by atoms with Gasteiger partial charge < -0.3 is 15.1 Å². The Bertz CT molecular complexity index is 204. The highest BCUT2D eigenvalue weighted by atomic mass is 31.2. The molecule has 0 saturated heterocycles. The maximum atomic E-state index is 11.2. The van der Waals surface area contributed by atoms with Crippen LogP contribution in [0, 0.1) is 0 Å². The van der Waals surface area contributed by atoms with E-state index in [0.717, 1.165) is 0 Å². The Morgan fingerprint density at radius 3 is 2.36 bits per heavy atom. The van der Waals surface area contributed by atoms with Crippen LogP contribution in [0.25, 0.3) is 0 Å². The summed E-state index contributed by atoms with van der Waals surface area (Å²) in [4.78, 5) is 9.16. The van der Waals surface area contributed by atoms with Crippen molar-refractivity contribution in [3.05, 3.63) is 0 Å². The van der Waals surface area contributed by atoms with Crippen molar-refractivity contribution in [3.63, 3.8) is 0 Å². The lowest BCUT2D eigenvalue weighted by molar-refractivity contribution is -0.887. The predicted octanol–water partition coefficient (Wildman–Crippen LogP) is 0.133. The summed E-state index contributed by atoms with van der Waals surface area (Å²) in [5.41, 5.74) is 5.21. The summed E-state index contributed by atoms with van der Waals surface area (Å²) in [5.74, 6) is 0. The van der Waals surface area contributed by atoms with Gasteiger partial charge in [0.15, 0.2) is 6.73 Å². The average Bonchev–Trinajstić information content (AvgIpc) is 2.00. The van der Waals surface area contributed by atoms with Gasteiger partial charge in [0.1, 0.15) is 0 Å². The van der Waals surface area contributed by atoms with Gasteiger partial charge in [-0.05, 0) is 13.0 Å². The number of quaternary nitrogens is 1. The Kier molecular flexibility index (Phi) is 5.81. The second-order valence-corrected chi connectivity index (χ2v) is 5.45. The molecule has 0 saturated carbocycles. The van der Waals surface area contributed by atoms with Gasteiger partial charge in [0.2, 0.25) is 0 Å². The second kappa shape index (κ2) is 5.80. The van der Waals surface area contributed by atoms with Crippen molar-refractivity contribution in [2.45, 2.75) is 6.42 Å². The molecule has 0 rings (SSSR count). The Labute approximate surface area is 84.8 Å². The van der Waals surface area contributed by atoms with Crippen LogP contribution in [0.1, 0.15) is 6.42 Å².